The molecule has 0 spiro atoms. The fourth-order valence-corrected chi connectivity index (χ4v) is 3.55. The van der Waals surface area contributed by atoms with Crippen molar-refractivity contribution < 1.29 is 8.42 Å². The minimum absolute atomic E-state index is 0.0661. The smallest absolute Gasteiger partial charge is 0.279 e. The van der Waals surface area contributed by atoms with E-state index in [9.17, 15) is 8.42 Å². The molecule has 1 aliphatic rings. The number of likely N-dealkylation sites (tertiary alicyclic amines) is 1. The average Bonchev–Trinajstić information content (AvgIpc) is 2.31. The zero-order valence-corrected chi connectivity index (χ0v) is 12.6. The maximum Gasteiger partial charge on any atom is 0.279 e. The zero-order chi connectivity index (χ0) is 14.0. The van der Waals surface area contributed by atoms with Gasteiger partial charge in [0.1, 0.15) is 0 Å². The van der Waals surface area contributed by atoms with Crippen LogP contribution in [0.2, 0.25) is 0 Å². The third-order valence-corrected chi connectivity index (χ3v) is 5.66. The Morgan fingerprint density at radius 1 is 1.39 bits per heavy atom. The van der Waals surface area contributed by atoms with Crippen LogP contribution in [0.1, 0.15) is 26.7 Å². The highest BCUT2D eigenvalue weighted by atomic mass is 32.2. The normalized spacial score (nSPS) is 21.7. The Balaban J connectivity index is 2.80. The molecule has 0 bridgehead atoms. The van der Waals surface area contributed by atoms with Gasteiger partial charge in [-0.25, -0.2) is 0 Å². The van der Waals surface area contributed by atoms with Crippen LogP contribution in [-0.4, -0.2) is 62.9 Å². The second-order valence-electron chi connectivity index (χ2n) is 5.50. The van der Waals surface area contributed by atoms with E-state index in [2.05, 4.69) is 9.62 Å². The van der Waals surface area contributed by atoms with Crippen LogP contribution in [-0.2, 0) is 10.2 Å². The standard InChI is InChI=1S/C11H26N4O2S/c1-10(2)15(4)18(16,17)13-11(9-12)5-7-14(3)8-6-11/h10,13H,5-9,12H2,1-4H3. The second kappa shape index (κ2) is 5.83. The quantitative estimate of drug-likeness (QED) is 0.716. The minimum Gasteiger partial charge on any atom is -0.329 e. The van der Waals surface area contributed by atoms with E-state index in [-0.39, 0.29) is 6.04 Å². The van der Waals surface area contributed by atoms with Gasteiger partial charge in [0, 0.05) is 25.2 Å². The molecule has 0 atom stereocenters. The number of nitrogens with one attached hydrogen (secondary N) is 1. The number of rotatable bonds is 5. The predicted molar refractivity (Wildman–Crippen MR) is 73.5 cm³/mol. The van der Waals surface area contributed by atoms with Gasteiger partial charge in [-0.3, -0.25) is 0 Å². The first-order chi connectivity index (χ1) is 8.22. The van der Waals surface area contributed by atoms with E-state index in [1.54, 1.807) is 7.05 Å². The van der Waals surface area contributed by atoms with Crippen LogP contribution >= 0.6 is 0 Å². The summed E-state index contributed by atoms with van der Waals surface area (Å²) in [4.78, 5) is 2.19. The Labute approximate surface area is 111 Å². The maximum atomic E-state index is 12.2. The molecule has 7 heteroatoms. The van der Waals surface area contributed by atoms with Crippen LogP contribution in [0.3, 0.4) is 0 Å². The molecule has 18 heavy (non-hydrogen) atoms. The Kier molecular flexibility index (Phi) is 5.13. The number of hydrogen-bond donors (Lipinski definition) is 2. The second-order valence-corrected chi connectivity index (χ2v) is 7.24. The summed E-state index contributed by atoms with van der Waals surface area (Å²) in [6.07, 6.45) is 1.51. The van der Waals surface area contributed by atoms with Crippen LogP contribution in [0, 0.1) is 0 Å². The van der Waals surface area contributed by atoms with E-state index >= 15 is 0 Å². The van der Waals surface area contributed by atoms with Crippen molar-refractivity contribution in [3.05, 3.63) is 0 Å². The van der Waals surface area contributed by atoms with Gasteiger partial charge in [0.05, 0.1) is 0 Å². The summed E-state index contributed by atoms with van der Waals surface area (Å²) < 4.78 is 28.6. The molecule has 0 aromatic rings. The van der Waals surface area contributed by atoms with E-state index in [0.717, 1.165) is 25.9 Å². The third kappa shape index (κ3) is 3.64. The number of nitrogens with zero attached hydrogens (tertiary/aromatic N) is 2. The van der Waals surface area contributed by atoms with Crippen LogP contribution < -0.4 is 10.5 Å². The molecule has 0 amide bonds. The summed E-state index contributed by atoms with van der Waals surface area (Å²) in [5.41, 5.74) is 5.31. The summed E-state index contributed by atoms with van der Waals surface area (Å²) in [5.74, 6) is 0. The number of nitrogens with two attached hydrogens (primary N) is 1. The summed E-state index contributed by atoms with van der Waals surface area (Å²) in [6.45, 7) is 5.77. The van der Waals surface area contributed by atoms with E-state index in [4.69, 9.17) is 5.73 Å². The molecule has 1 fully saturated rings. The lowest BCUT2D eigenvalue weighted by Crippen LogP contribution is -2.61. The van der Waals surface area contributed by atoms with Gasteiger partial charge >= 0.3 is 0 Å². The molecule has 3 N–H and O–H groups in total. The van der Waals surface area contributed by atoms with Crippen LogP contribution in [0.15, 0.2) is 0 Å². The SMILES string of the molecule is CC(C)N(C)S(=O)(=O)NC1(CN)CCN(C)CC1. The minimum atomic E-state index is -3.46. The van der Waals surface area contributed by atoms with Crippen molar-refractivity contribution in [1.82, 2.24) is 13.9 Å². The lowest BCUT2D eigenvalue weighted by atomic mass is 9.89. The molecule has 0 radical (unpaired) electrons. The molecular weight excluding hydrogens is 252 g/mol. The van der Waals surface area contributed by atoms with Gasteiger partial charge in [0.25, 0.3) is 10.2 Å². The van der Waals surface area contributed by atoms with E-state index in [0.29, 0.717) is 6.54 Å². The zero-order valence-electron chi connectivity index (χ0n) is 11.8. The average molecular weight is 278 g/mol. The Hall–Kier alpha value is -0.210. The fraction of sp³-hybridized carbons (Fsp3) is 1.00. The molecule has 0 aromatic heterocycles. The van der Waals surface area contributed by atoms with Gasteiger partial charge in [0.2, 0.25) is 0 Å². The largest absolute Gasteiger partial charge is 0.329 e. The highest BCUT2D eigenvalue weighted by molar-refractivity contribution is 7.87. The van der Waals surface area contributed by atoms with Gasteiger partial charge in [-0.2, -0.15) is 17.4 Å². The highest BCUT2D eigenvalue weighted by Gasteiger charge is 2.37. The van der Waals surface area contributed by atoms with Gasteiger partial charge in [-0.05, 0) is 46.8 Å². The Morgan fingerprint density at radius 2 is 1.89 bits per heavy atom. The molecule has 6 nitrogen and oxygen atoms in total. The van der Waals surface area contributed by atoms with Crippen molar-refractivity contribution in [2.45, 2.75) is 38.3 Å². The summed E-state index contributed by atoms with van der Waals surface area (Å²) in [6, 6.07) is -0.0661. The molecular formula is C11H26N4O2S. The van der Waals surface area contributed by atoms with Crippen molar-refractivity contribution in [3.8, 4) is 0 Å². The molecule has 1 rings (SSSR count). The summed E-state index contributed by atoms with van der Waals surface area (Å²) in [5, 5.41) is 0. The molecule has 0 unspecified atom stereocenters. The van der Waals surface area contributed by atoms with E-state index < -0.39 is 15.7 Å². The van der Waals surface area contributed by atoms with Crippen LogP contribution in [0.25, 0.3) is 0 Å². The number of piperidine rings is 1. The van der Waals surface area contributed by atoms with Gasteiger partial charge in [-0.1, -0.05) is 0 Å². The third-order valence-electron chi connectivity index (χ3n) is 3.79. The van der Waals surface area contributed by atoms with Crippen molar-refractivity contribution in [2.24, 2.45) is 5.73 Å². The molecule has 0 aromatic carbocycles. The first-order valence-corrected chi connectivity index (χ1v) is 7.82. The monoisotopic (exact) mass is 278 g/mol. The molecule has 1 saturated heterocycles. The molecule has 1 heterocycles. The van der Waals surface area contributed by atoms with Crippen LogP contribution in [0.5, 0.6) is 0 Å². The lowest BCUT2D eigenvalue weighted by molar-refractivity contribution is 0.179. The van der Waals surface area contributed by atoms with Gasteiger partial charge in [-0.15, -0.1) is 0 Å². The summed E-state index contributed by atoms with van der Waals surface area (Å²) >= 11 is 0. The maximum absolute atomic E-state index is 12.2. The van der Waals surface area contributed by atoms with Gasteiger partial charge in [0.15, 0.2) is 0 Å². The lowest BCUT2D eigenvalue weighted by Gasteiger charge is -2.41. The fourth-order valence-electron chi connectivity index (χ4n) is 2.02. The first kappa shape index (κ1) is 15.8. The highest BCUT2D eigenvalue weighted by Crippen LogP contribution is 2.22. The molecule has 1 aliphatic heterocycles. The van der Waals surface area contributed by atoms with E-state index in [1.165, 1.54) is 4.31 Å². The van der Waals surface area contributed by atoms with Gasteiger partial charge < -0.3 is 10.6 Å². The van der Waals surface area contributed by atoms with Crippen molar-refractivity contribution >= 4 is 10.2 Å². The summed E-state index contributed by atoms with van der Waals surface area (Å²) in [7, 11) is 0.164. The van der Waals surface area contributed by atoms with E-state index in [1.807, 2.05) is 20.9 Å². The predicted octanol–water partition coefficient (Wildman–Crippen LogP) is -0.416. The molecule has 0 aliphatic carbocycles. The number of hydrogen-bond acceptors (Lipinski definition) is 4. The Morgan fingerprint density at radius 3 is 2.28 bits per heavy atom. The van der Waals surface area contributed by atoms with Crippen molar-refractivity contribution in [1.29, 1.82) is 0 Å². The van der Waals surface area contributed by atoms with Crippen molar-refractivity contribution in [2.75, 3.05) is 33.7 Å². The molecule has 108 valence electrons. The Bertz CT molecular complexity index is 361. The topological polar surface area (TPSA) is 78.7 Å². The molecule has 0 saturated carbocycles. The van der Waals surface area contributed by atoms with Crippen molar-refractivity contribution in [3.63, 3.8) is 0 Å². The first-order valence-electron chi connectivity index (χ1n) is 6.38. The van der Waals surface area contributed by atoms with Crippen LogP contribution in [0.4, 0.5) is 0 Å².